The fourth-order valence-corrected chi connectivity index (χ4v) is 3.80. The molecule has 0 spiro atoms. The van der Waals surface area contributed by atoms with E-state index in [4.69, 9.17) is 4.74 Å². The summed E-state index contributed by atoms with van der Waals surface area (Å²) in [6.45, 7) is 4.83. The van der Waals surface area contributed by atoms with Crippen molar-refractivity contribution in [2.24, 2.45) is 0 Å². The lowest BCUT2D eigenvalue weighted by atomic mass is 10.2. The maximum atomic E-state index is 14.5. The Balaban J connectivity index is 1.69. The van der Waals surface area contributed by atoms with Crippen LogP contribution in [0.3, 0.4) is 0 Å². The van der Waals surface area contributed by atoms with Gasteiger partial charge >= 0.3 is 0 Å². The highest BCUT2D eigenvalue weighted by molar-refractivity contribution is 8.14. The number of hydrogen-bond donors (Lipinski definition) is 1. The van der Waals surface area contributed by atoms with Crippen LogP contribution in [0.4, 0.5) is 20.6 Å². The van der Waals surface area contributed by atoms with E-state index in [0.29, 0.717) is 50.8 Å². The maximum absolute atomic E-state index is 14.5. The molecular formula is C16H20FN3O3S. The summed E-state index contributed by atoms with van der Waals surface area (Å²) in [6, 6.07) is 4.90. The third-order valence-electron chi connectivity index (χ3n) is 4.05. The van der Waals surface area contributed by atoms with Gasteiger partial charge in [-0.25, -0.2) is 4.39 Å². The molecule has 130 valence electrons. The zero-order valence-electron chi connectivity index (χ0n) is 13.5. The van der Waals surface area contributed by atoms with Crippen LogP contribution >= 0.6 is 11.8 Å². The first kappa shape index (κ1) is 17.0. The van der Waals surface area contributed by atoms with Gasteiger partial charge in [-0.05, 0) is 18.2 Å². The number of nitrogens with zero attached hydrogens (tertiary/aromatic N) is 2. The summed E-state index contributed by atoms with van der Waals surface area (Å²) in [7, 11) is 0. The van der Waals surface area contributed by atoms with E-state index in [-0.39, 0.29) is 22.2 Å². The Labute approximate surface area is 144 Å². The van der Waals surface area contributed by atoms with Gasteiger partial charge in [0.05, 0.1) is 18.9 Å². The molecule has 2 amide bonds. The predicted molar refractivity (Wildman–Crippen MR) is 92.2 cm³/mol. The lowest BCUT2D eigenvalue weighted by molar-refractivity contribution is -0.118. The van der Waals surface area contributed by atoms with E-state index in [9.17, 15) is 14.0 Å². The number of morpholine rings is 1. The number of halogens is 1. The molecule has 1 N–H and O–H groups in total. The van der Waals surface area contributed by atoms with Gasteiger partial charge in [-0.3, -0.25) is 9.59 Å². The van der Waals surface area contributed by atoms with Crippen LogP contribution in [0.15, 0.2) is 18.2 Å². The number of thioether (sulfide) groups is 1. The van der Waals surface area contributed by atoms with E-state index < -0.39 is 0 Å². The monoisotopic (exact) mass is 353 g/mol. The van der Waals surface area contributed by atoms with Crippen LogP contribution in [0.2, 0.25) is 0 Å². The molecule has 0 aliphatic carbocycles. The Bertz CT molecular complexity index is 637. The first-order valence-corrected chi connectivity index (χ1v) is 8.77. The Morgan fingerprint density at radius 3 is 2.83 bits per heavy atom. The molecule has 1 atom stereocenters. The van der Waals surface area contributed by atoms with E-state index in [1.165, 1.54) is 24.8 Å². The fourth-order valence-electron chi connectivity index (χ4n) is 2.82. The van der Waals surface area contributed by atoms with Gasteiger partial charge in [0.15, 0.2) is 0 Å². The Morgan fingerprint density at radius 2 is 2.17 bits per heavy atom. The number of ether oxygens (including phenoxy) is 1. The third kappa shape index (κ3) is 3.81. The van der Waals surface area contributed by atoms with Crippen LogP contribution in [-0.2, 0) is 9.53 Å². The molecule has 2 aliphatic heterocycles. The first-order valence-electron chi connectivity index (χ1n) is 7.89. The highest BCUT2D eigenvalue weighted by Gasteiger charge is 2.32. The molecule has 2 aliphatic rings. The van der Waals surface area contributed by atoms with Crippen LogP contribution < -0.4 is 15.1 Å². The lowest BCUT2D eigenvalue weighted by Crippen LogP contribution is -2.36. The van der Waals surface area contributed by atoms with Crippen molar-refractivity contribution in [3.63, 3.8) is 0 Å². The summed E-state index contributed by atoms with van der Waals surface area (Å²) in [6.07, 6.45) is 0. The summed E-state index contributed by atoms with van der Waals surface area (Å²) < 4.78 is 19.8. The average Bonchev–Trinajstić information content (AvgIpc) is 2.94. The minimum absolute atomic E-state index is 0.0246. The topological polar surface area (TPSA) is 61.9 Å². The molecule has 2 fully saturated rings. The number of nitrogens with one attached hydrogen (secondary N) is 1. The molecule has 2 heterocycles. The molecule has 8 heteroatoms. The number of hydrogen-bond acceptors (Lipinski definition) is 5. The highest BCUT2D eigenvalue weighted by Crippen LogP contribution is 2.32. The summed E-state index contributed by atoms with van der Waals surface area (Å²) in [4.78, 5) is 26.6. The van der Waals surface area contributed by atoms with Crippen LogP contribution in [0.25, 0.3) is 0 Å². The maximum Gasteiger partial charge on any atom is 0.286 e. The summed E-state index contributed by atoms with van der Waals surface area (Å²) in [5, 5.41) is 2.57. The molecule has 2 saturated heterocycles. The van der Waals surface area contributed by atoms with Gasteiger partial charge < -0.3 is 19.9 Å². The average molecular weight is 353 g/mol. The largest absolute Gasteiger partial charge is 0.378 e. The van der Waals surface area contributed by atoms with Crippen molar-refractivity contribution in [1.29, 1.82) is 0 Å². The van der Waals surface area contributed by atoms with Crippen molar-refractivity contribution in [3.05, 3.63) is 24.0 Å². The number of anilines is 2. The standard InChI is InChI=1S/C16H20FN3O3S/c1-11(21)18-9-13-10-20(16(22)24-13)12-2-3-15(14(17)8-12)19-4-6-23-7-5-19/h2-3,8,13H,4-7,9-10H2,1H3,(H,18,21)/t13-/m0/s1. The van der Waals surface area contributed by atoms with Gasteiger partial charge in [-0.2, -0.15) is 0 Å². The van der Waals surface area contributed by atoms with E-state index in [0.717, 1.165) is 0 Å². The Kier molecular flexibility index (Phi) is 5.25. The molecule has 6 nitrogen and oxygen atoms in total. The van der Waals surface area contributed by atoms with E-state index in [1.54, 1.807) is 17.0 Å². The molecule has 1 aromatic carbocycles. The number of carbonyl (C=O) groups excluding carboxylic acids is 2. The van der Waals surface area contributed by atoms with Gasteiger partial charge in [0.1, 0.15) is 5.82 Å². The van der Waals surface area contributed by atoms with Crippen molar-refractivity contribution in [2.75, 3.05) is 49.2 Å². The Hall–Kier alpha value is -1.80. The molecule has 24 heavy (non-hydrogen) atoms. The highest BCUT2D eigenvalue weighted by atomic mass is 32.2. The molecule has 0 unspecified atom stereocenters. The zero-order valence-corrected chi connectivity index (χ0v) is 14.3. The first-order chi connectivity index (χ1) is 11.5. The Morgan fingerprint density at radius 1 is 1.42 bits per heavy atom. The third-order valence-corrected chi connectivity index (χ3v) is 5.12. The summed E-state index contributed by atoms with van der Waals surface area (Å²) in [5.74, 6) is -0.458. The number of benzene rings is 1. The van der Waals surface area contributed by atoms with Gasteiger partial charge in [-0.15, -0.1) is 0 Å². The van der Waals surface area contributed by atoms with Crippen LogP contribution in [0.5, 0.6) is 0 Å². The lowest BCUT2D eigenvalue weighted by Gasteiger charge is -2.29. The van der Waals surface area contributed by atoms with Crippen LogP contribution in [0.1, 0.15) is 6.92 Å². The zero-order chi connectivity index (χ0) is 17.1. The number of carbonyl (C=O) groups is 2. The van der Waals surface area contributed by atoms with Crippen LogP contribution in [-0.4, -0.2) is 55.8 Å². The predicted octanol–water partition coefficient (Wildman–Crippen LogP) is 1.84. The fraction of sp³-hybridized carbons (Fsp3) is 0.500. The SMILES string of the molecule is CC(=O)NC[C@H]1CN(c2ccc(N3CCOCC3)c(F)c2)C(=O)S1. The van der Waals surface area contributed by atoms with Crippen LogP contribution in [0, 0.1) is 5.82 Å². The van der Waals surface area contributed by atoms with Crippen molar-refractivity contribution in [3.8, 4) is 0 Å². The number of amides is 2. The minimum Gasteiger partial charge on any atom is -0.378 e. The molecule has 1 aromatic rings. The van der Waals surface area contributed by atoms with Gasteiger partial charge in [0, 0.05) is 44.0 Å². The summed E-state index contributed by atoms with van der Waals surface area (Å²) in [5.41, 5.74) is 1.09. The van der Waals surface area contributed by atoms with Crippen molar-refractivity contribution in [1.82, 2.24) is 5.32 Å². The van der Waals surface area contributed by atoms with Gasteiger partial charge in [-0.1, -0.05) is 11.8 Å². The quantitative estimate of drug-likeness (QED) is 0.895. The molecule has 3 rings (SSSR count). The van der Waals surface area contributed by atoms with E-state index in [2.05, 4.69) is 5.32 Å². The molecule has 0 aromatic heterocycles. The van der Waals surface area contributed by atoms with Gasteiger partial charge in [0.2, 0.25) is 5.91 Å². The van der Waals surface area contributed by atoms with Crippen molar-refractivity contribution < 1.29 is 18.7 Å². The molecule has 0 radical (unpaired) electrons. The molecule has 0 saturated carbocycles. The molecular weight excluding hydrogens is 333 g/mol. The normalized spacial score (nSPS) is 21.2. The second kappa shape index (κ2) is 7.40. The van der Waals surface area contributed by atoms with Gasteiger partial charge in [0.25, 0.3) is 5.24 Å². The number of rotatable bonds is 4. The van der Waals surface area contributed by atoms with E-state index in [1.807, 2.05) is 4.90 Å². The smallest absolute Gasteiger partial charge is 0.286 e. The second-order valence-corrected chi connectivity index (χ2v) is 7.04. The molecule has 0 bridgehead atoms. The minimum atomic E-state index is -0.336. The van der Waals surface area contributed by atoms with E-state index >= 15 is 0 Å². The van der Waals surface area contributed by atoms with Crippen molar-refractivity contribution in [2.45, 2.75) is 12.2 Å². The second-order valence-electron chi connectivity index (χ2n) is 5.79. The summed E-state index contributed by atoms with van der Waals surface area (Å²) >= 11 is 1.17. The van der Waals surface area contributed by atoms with Crippen molar-refractivity contribution >= 4 is 34.3 Å².